The topological polar surface area (TPSA) is 17.1 Å². The molecule has 0 heterocycles. The number of hydrogen-bond acceptors (Lipinski definition) is 1. The van der Waals surface area contributed by atoms with Crippen molar-refractivity contribution in [1.82, 2.24) is 0 Å². The summed E-state index contributed by atoms with van der Waals surface area (Å²) < 4.78 is 0. The highest BCUT2D eigenvalue weighted by atomic mass is 16.1. The molecule has 1 fully saturated rings. The van der Waals surface area contributed by atoms with E-state index in [2.05, 4.69) is 41.5 Å². The van der Waals surface area contributed by atoms with Crippen LogP contribution in [0.25, 0.3) is 0 Å². The first-order valence-electron chi connectivity index (χ1n) is 5.91. The van der Waals surface area contributed by atoms with Crippen LogP contribution in [-0.2, 0) is 4.79 Å². The largest absolute Gasteiger partial charge is 0.299 e. The average molecular weight is 196 g/mol. The van der Waals surface area contributed by atoms with E-state index in [1.54, 1.807) is 0 Å². The Hall–Kier alpha value is -0.330. The summed E-state index contributed by atoms with van der Waals surface area (Å²) in [6.07, 6.45) is 0. The van der Waals surface area contributed by atoms with Crippen molar-refractivity contribution in [2.45, 2.75) is 41.5 Å². The van der Waals surface area contributed by atoms with Gasteiger partial charge in [-0.1, -0.05) is 41.5 Å². The van der Waals surface area contributed by atoms with Crippen molar-refractivity contribution < 1.29 is 4.79 Å². The van der Waals surface area contributed by atoms with Crippen molar-refractivity contribution in [2.24, 2.45) is 35.5 Å². The first-order chi connectivity index (χ1) is 6.37. The fourth-order valence-corrected chi connectivity index (χ4v) is 3.08. The van der Waals surface area contributed by atoms with Crippen molar-refractivity contribution in [1.29, 1.82) is 0 Å². The van der Waals surface area contributed by atoms with Crippen LogP contribution in [0.15, 0.2) is 0 Å². The summed E-state index contributed by atoms with van der Waals surface area (Å²) in [4.78, 5) is 12.0. The molecule has 1 aliphatic rings. The minimum absolute atomic E-state index is 0.336. The van der Waals surface area contributed by atoms with Crippen molar-refractivity contribution in [3.05, 3.63) is 0 Å². The third-order valence-corrected chi connectivity index (χ3v) is 3.69. The smallest absolute Gasteiger partial charge is 0.140 e. The van der Waals surface area contributed by atoms with Crippen LogP contribution in [0.4, 0.5) is 0 Å². The molecule has 1 heteroatoms. The van der Waals surface area contributed by atoms with E-state index in [0.29, 0.717) is 41.3 Å². The summed E-state index contributed by atoms with van der Waals surface area (Å²) in [6.45, 7) is 13.2. The Kier molecular flexibility index (Phi) is 3.39. The van der Waals surface area contributed by atoms with Gasteiger partial charge in [0.1, 0.15) is 5.78 Å². The summed E-state index contributed by atoms with van der Waals surface area (Å²) in [5, 5.41) is 0. The van der Waals surface area contributed by atoms with Gasteiger partial charge in [0.25, 0.3) is 0 Å². The zero-order valence-electron chi connectivity index (χ0n) is 10.4. The van der Waals surface area contributed by atoms with Gasteiger partial charge in [0.2, 0.25) is 0 Å². The molecule has 0 aromatic rings. The second-order valence-electron chi connectivity index (χ2n) is 5.76. The summed E-state index contributed by atoms with van der Waals surface area (Å²) in [6, 6.07) is 0. The molecule has 0 saturated heterocycles. The first kappa shape index (κ1) is 11.7. The van der Waals surface area contributed by atoms with Crippen molar-refractivity contribution in [2.75, 3.05) is 0 Å². The predicted molar refractivity (Wildman–Crippen MR) is 60.0 cm³/mol. The van der Waals surface area contributed by atoms with Crippen LogP contribution in [0.3, 0.4) is 0 Å². The third kappa shape index (κ3) is 1.74. The molecular formula is C13H24O. The Morgan fingerprint density at radius 3 is 1.36 bits per heavy atom. The molecule has 0 bridgehead atoms. The maximum absolute atomic E-state index is 12.0. The molecule has 0 amide bonds. The Bertz CT molecular complexity index is 197. The Morgan fingerprint density at radius 1 is 0.786 bits per heavy atom. The molecule has 0 aromatic carbocycles. The zero-order chi connectivity index (χ0) is 11.0. The van der Waals surface area contributed by atoms with Crippen LogP contribution < -0.4 is 0 Å². The van der Waals surface area contributed by atoms with Crippen molar-refractivity contribution in [3.63, 3.8) is 0 Å². The molecule has 1 nitrogen and oxygen atoms in total. The monoisotopic (exact) mass is 196 g/mol. The van der Waals surface area contributed by atoms with E-state index >= 15 is 0 Å². The lowest BCUT2D eigenvalue weighted by Crippen LogP contribution is -2.54. The van der Waals surface area contributed by atoms with Gasteiger partial charge >= 0.3 is 0 Å². The maximum Gasteiger partial charge on any atom is 0.140 e. The normalized spacial score (nSPS) is 32.9. The quantitative estimate of drug-likeness (QED) is 0.676. The van der Waals surface area contributed by atoms with Crippen LogP contribution >= 0.6 is 0 Å². The van der Waals surface area contributed by atoms with Crippen LogP contribution in [0.5, 0.6) is 0 Å². The van der Waals surface area contributed by atoms with E-state index in [1.165, 1.54) is 0 Å². The standard InChI is InChI=1S/C13H24O/c1-7(2)10-11(8(3)4)13(14)12(10)9(5)6/h7-12H,1-6H3. The molecule has 14 heavy (non-hydrogen) atoms. The van der Waals surface area contributed by atoms with Crippen molar-refractivity contribution in [3.8, 4) is 0 Å². The maximum atomic E-state index is 12.0. The van der Waals surface area contributed by atoms with Crippen LogP contribution in [0, 0.1) is 35.5 Å². The number of hydrogen-bond donors (Lipinski definition) is 0. The molecule has 2 atom stereocenters. The Labute approximate surface area is 88.3 Å². The van der Waals surface area contributed by atoms with Gasteiger partial charge in [0.15, 0.2) is 0 Å². The van der Waals surface area contributed by atoms with Gasteiger partial charge < -0.3 is 0 Å². The molecule has 0 radical (unpaired) electrons. The van der Waals surface area contributed by atoms with Gasteiger partial charge in [-0.3, -0.25) is 4.79 Å². The lowest BCUT2D eigenvalue weighted by atomic mass is 9.53. The van der Waals surface area contributed by atoms with Crippen molar-refractivity contribution >= 4 is 5.78 Å². The number of ketones is 1. The van der Waals surface area contributed by atoms with Gasteiger partial charge in [-0.05, 0) is 23.7 Å². The zero-order valence-corrected chi connectivity index (χ0v) is 10.4. The Morgan fingerprint density at radius 2 is 1.14 bits per heavy atom. The minimum Gasteiger partial charge on any atom is -0.299 e. The minimum atomic E-state index is 0.336. The molecule has 82 valence electrons. The molecule has 0 aliphatic heterocycles. The van der Waals surface area contributed by atoms with Gasteiger partial charge in [-0.25, -0.2) is 0 Å². The van der Waals surface area contributed by atoms with Crippen LogP contribution in [0.1, 0.15) is 41.5 Å². The van der Waals surface area contributed by atoms with Gasteiger partial charge in [-0.15, -0.1) is 0 Å². The number of rotatable bonds is 3. The highest BCUT2D eigenvalue weighted by Crippen LogP contribution is 2.48. The molecule has 1 rings (SSSR count). The SMILES string of the molecule is CC(C)C1C(=O)C(C(C)C)C1C(C)C. The fraction of sp³-hybridized carbons (Fsp3) is 0.923. The lowest BCUT2D eigenvalue weighted by molar-refractivity contribution is -0.152. The number of Topliss-reactive ketones (excluding diaryl/α,β-unsaturated/α-hetero) is 1. The van der Waals surface area contributed by atoms with E-state index < -0.39 is 0 Å². The van der Waals surface area contributed by atoms with Gasteiger partial charge in [-0.2, -0.15) is 0 Å². The average Bonchev–Trinajstić information content (AvgIpc) is 1.97. The molecule has 1 aliphatic carbocycles. The third-order valence-electron chi connectivity index (χ3n) is 3.69. The van der Waals surface area contributed by atoms with E-state index in [0.717, 1.165) is 0 Å². The summed E-state index contributed by atoms with van der Waals surface area (Å²) in [5.74, 6) is 3.50. The van der Waals surface area contributed by atoms with Gasteiger partial charge in [0, 0.05) is 11.8 Å². The number of carbonyl (C=O) groups is 1. The molecule has 0 spiro atoms. The van der Waals surface area contributed by atoms with Crippen LogP contribution in [0.2, 0.25) is 0 Å². The first-order valence-corrected chi connectivity index (χ1v) is 5.91. The molecule has 0 N–H and O–H groups in total. The molecule has 1 saturated carbocycles. The highest BCUT2D eigenvalue weighted by Gasteiger charge is 2.52. The van der Waals surface area contributed by atoms with E-state index in [1.807, 2.05) is 0 Å². The summed E-state index contributed by atoms with van der Waals surface area (Å²) in [7, 11) is 0. The second-order valence-corrected chi connectivity index (χ2v) is 5.76. The summed E-state index contributed by atoms with van der Waals surface area (Å²) in [5.41, 5.74) is 0. The van der Waals surface area contributed by atoms with E-state index in [-0.39, 0.29) is 0 Å². The fourth-order valence-electron chi connectivity index (χ4n) is 3.08. The highest BCUT2D eigenvalue weighted by molar-refractivity contribution is 5.90. The van der Waals surface area contributed by atoms with E-state index in [9.17, 15) is 4.79 Å². The molecular weight excluding hydrogens is 172 g/mol. The lowest BCUT2D eigenvalue weighted by Gasteiger charge is -2.49. The molecule has 0 aromatic heterocycles. The van der Waals surface area contributed by atoms with E-state index in [4.69, 9.17) is 0 Å². The number of carbonyl (C=O) groups excluding carboxylic acids is 1. The Balaban J connectivity index is 2.79. The second kappa shape index (κ2) is 4.04. The van der Waals surface area contributed by atoms with Gasteiger partial charge in [0.05, 0.1) is 0 Å². The predicted octanol–water partition coefficient (Wildman–Crippen LogP) is 3.39. The summed E-state index contributed by atoms with van der Waals surface area (Å²) >= 11 is 0. The molecule has 2 unspecified atom stereocenters. The van der Waals surface area contributed by atoms with Crippen LogP contribution in [-0.4, -0.2) is 5.78 Å².